The number of benzene rings is 1. The summed E-state index contributed by atoms with van der Waals surface area (Å²) >= 11 is 0. The van der Waals surface area contributed by atoms with Crippen molar-refractivity contribution < 1.29 is 18.8 Å². The molecule has 0 spiro atoms. The summed E-state index contributed by atoms with van der Waals surface area (Å²) in [6.45, 7) is 6.61. The van der Waals surface area contributed by atoms with Gasteiger partial charge in [-0.05, 0) is 50.6 Å². The number of carbonyl (C=O) groups excluding carboxylic acids is 1. The van der Waals surface area contributed by atoms with Crippen LogP contribution in [0.1, 0.15) is 22.7 Å². The van der Waals surface area contributed by atoms with Crippen LogP contribution in [-0.4, -0.2) is 34.9 Å². The van der Waals surface area contributed by atoms with Crippen LogP contribution in [0.5, 0.6) is 11.5 Å². The van der Waals surface area contributed by atoms with Crippen molar-refractivity contribution in [1.82, 2.24) is 15.0 Å². The quantitative estimate of drug-likeness (QED) is 0.673. The zero-order valence-electron chi connectivity index (χ0n) is 16.6. The van der Waals surface area contributed by atoms with Crippen LogP contribution in [-0.2, 0) is 4.79 Å². The molecule has 0 bridgehead atoms. The second-order valence-corrected chi connectivity index (χ2v) is 7.03. The molecule has 7 heteroatoms. The average Bonchev–Trinajstić information content (AvgIpc) is 3.26. The largest absolute Gasteiger partial charge is 0.486 e. The van der Waals surface area contributed by atoms with Crippen molar-refractivity contribution in [2.45, 2.75) is 26.9 Å². The maximum Gasteiger partial charge on any atom is 0.244 e. The fraction of sp³-hybridized carbons (Fsp3) is 0.273. The number of aromatic nitrogens is 2. The molecule has 4 rings (SSSR count). The summed E-state index contributed by atoms with van der Waals surface area (Å²) in [5.41, 5.74) is 2.95. The zero-order valence-corrected chi connectivity index (χ0v) is 16.6. The third-order valence-corrected chi connectivity index (χ3v) is 4.80. The molecule has 1 aromatic carbocycles. The standard InChI is InChI=1S/C22H23N3O4/c1-14-10-17(16(3)25(14)21-11-15(2)29-24-21)8-9-22(26)23-12-18-13-27-19-6-4-5-7-20(19)28-18/h4-11,18H,12-13H2,1-3H3,(H,23,26)/b9-8+. The number of rotatable bonds is 5. The molecule has 2 aromatic heterocycles. The van der Waals surface area contributed by atoms with Gasteiger partial charge in [0.2, 0.25) is 5.91 Å². The lowest BCUT2D eigenvalue weighted by Gasteiger charge is -2.26. The maximum absolute atomic E-state index is 12.3. The molecule has 1 N–H and O–H groups in total. The average molecular weight is 393 g/mol. The second-order valence-electron chi connectivity index (χ2n) is 7.03. The topological polar surface area (TPSA) is 78.5 Å². The minimum atomic E-state index is -0.220. The first-order chi connectivity index (χ1) is 14.0. The third-order valence-electron chi connectivity index (χ3n) is 4.80. The van der Waals surface area contributed by atoms with Crippen LogP contribution in [0.2, 0.25) is 0 Å². The number of ether oxygens (including phenoxy) is 2. The Kier molecular flexibility index (Phi) is 5.12. The highest BCUT2D eigenvalue weighted by Crippen LogP contribution is 2.30. The van der Waals surface area contributed by atoms with Crippen LogP contribution in [0.3, 0.4) is 0 Å². The lowest BCUT2D eigenvalue weighted by atomic mass is 10.2. The van der Waals surface area contributed by atoms with Crippen LogP contribution in [0.15, 0.2) is 47.0 Å². The van der Waals surface area contributed by atoms with E-state index in [2.05, 4.69) is 10.5 Å². The molecule has 0 radical (unpaired) electrons. The highest BCUT2D eigenvalue weighted by Gasteiger charge is 2.20. The van der Waals surface area contributed by atoms with Crippen molar-refractivity contribution in [3.63, 3.8) is 0 Å². The van der Waals surface area contributed by atoms with Crippen LogP contribution >= 0.6 is 0 Å². The second kappa shape index (κ2) is 7.87. The van der Waals surface area contributed by atoms with Crippen molar-refractivity contribution in [1.29, 1.82) is 0 Å². The first-order valence-electron chi connectivity index (χ1n) is 9.48. The molecule has 1 amide bonds. The van der Waals surface area contributed by atoms with Crippen molar-refractivity contribution in [2.75, 3.05) is 13.2 Å². The fourth-order valence-corrected chi connectivity index (χ4v) is 3.37. The summed E-state index contributed by atoms with van der Waals surface area (Å²) in [4.78, 5) is 12.3. The van der Waals surface area contributed by atoms with Gasteiger partial charge in [0, 0.05) is 23.5 Å². The Bertz CT molecular complexity index is 1060. The van der Waals surface area contributed by atoms with E-state index in [1.807, 2.05) is 61.7 Å². The van der Waals surface area contributed by atoms with Gasteiger partial charge in [0.05, 0.1) is 6.54 Å². The molecule has 1 aliphatic rings. The highest BCUT2D eigenvalue weighted by atomic mass is 16.6. The molecule has 150 valence electrons. The number of hydrogen-bond donors (Lipinski definition) is 1. The molecule has 1 unspecified atom stereocenters. The van der Waals surface area contributed by atoms with Crippen LogP contribution in [0.25, 0.3) is 11.9 Å². The van der Waals surface area contributed by atoms with Gasteiger partial charge in [-0.15, -0.1) is 0 Å². The Hall–Kier alpha value is -3.48. The van der Waals surface area contributed by atoms with E-state index in [0.717, 1.165) is 34.3 Å². The predicted octanol–water partition coefficient (Wildman–Crippen LogP) is 3.36. The summed E-state index contributed by atoms with van der Waals surface area (Å²) in [6.07, 6.45) is 3.11. The summed E-state index contributed by atoms with van der Waals surface area (Å²) in [6, 6.07) is 11.4. The van der Waals surface area contributed by atoms with Gasteiger partial charge in [-0.1, -0.05) is 17.3 Å². The van der Waals surface area contributed by atoms with Gasteiger partial charge < -0.3 is 19.3 Å². The highest BCUT2D eigenvalue weighted by molar-refractivity contribution is 5.91. The van der Waals surface area contributed by atoms with Crippen molar-refractivity contribution in [3.8, 4) is 17.3 Å². The van der Waals surface area contributed by atoms with Gasteiger partial charge in [0.1, 0.15) is 18.5 Å². The summed E-state index contributed by atoms with van der Waals surface area (Å²) in [5.74, 6) is 2.73. The lowest BCUT2D eigenvalue weighted by molar-refractivity contribution is -0.116. The summed E-state index contributed by atoms with van der Waals surface area (Å²) < 4.78 is 18.7. The van der Waals surface area contributed by atoms with E-state index in [-0.39, 0.29) is 12.0 Å². The molecule has 7 nitrogen and oxygen atoms in total. The number of carbonyl (C=O) groups is 1. The first-order valence-corrected chi connectivity index (χ1v) is 9.48. The number of fused-ring (bicyclic) bond motifs is 1. The smallest absolute Gasteiger partial charge is 0.244 e. The lowest BCUT2D eigenvalue weighted by Crippen LogP contribution is -2.40. The van der Waals surface area contributed by atoms with E-state index in [9.17, 15) is 4.79 Å². The Morgan fingerprint density at radius 1 is 1.24 bits per heavy atom. The van der Waals surface area contributed by atoms with Crippen LogP contribution in [0.4, 0.5) is 0 Å². The number of para-hydroxylation sites is 2. The van der Waals surface area contributed by atoms with Gasteiger partial charge >= 0.3 is 0 Å². The van der Waals surface area contributed by atoms with E-state index in [1.54, 1.807) is 6.08 Å². The van der Waals surface area contributed by atoms with Crippen molar-refractivity contribution in [2.24, 2.45) is 0 Å². The molecule has 0 saturated carbocycles. The Morgan fingerprint density at radius 3 is 2.79 bits per heavy atom. The molecule has 0 saturated heterocycles. The normalized spacial score (nSPS) is 15.6. The Labute approximate surface area is 168 Å². The molecule has 1 aliphatic heterocycles. The molecule has 3 heterocycles. The molecule has 0 fully saturated rings. The molecule has 1 atom stereocenters. The summed E-state index contributed by atoms with van der Waals surface area (Å²) in [5, 5.41) is 6.94. The number of amides is 1. The number of hydrogen-bond acceptors (Lipinski definition) is 5. The first kappa shape index (κ1) is 18.9. The van der Waals surface area contributed by atoms with Crippen molar-refractivity contribution >= 4 is 12.0 Å². The number of aryl methyl sites for hydroxylation is 2. The summed E-state index contributed by atoms with van der Waals surface area (Å²) in [7, 11) is 0. The van der Waals surface area contributed by atoms with Gasteiger partial charge in [-0.25, -0.2) is 0 Å². The fourth-order valence-electron chi connectivity index (χ4n) is 3.37. The SMILES string of the molecule is Cc1cc(-n2c(C)cc(/C=C/C(=O)NCC3COc4ccccc4O3)c2C)no1. The van der Waals surface area contributed by atoms with E-state index in [1.165, 1.54) is 6.08 Å². The zero-order chi connectivity index (χ0) is 20.4. The molecule has 3 aromatic rings. The minimum absolute atomic E-state index is 0.186. The van der Waals surface area contributed by atoms with Gasteiger partial charge in [-0.3, -0.25) is 9.36 Å². The van der Waals surface area contributed by atoms with E-state index >= 15 is 0 Å². The van der Waals surface area contributed by atoms with Gasteiger partial charge in [-0.2, -0.15) is 0 Å². The monoisotopic (exact) mass is 393 g/mol. The molecular weight excluding hydrogens is 370 g/mol. The van der Waals surface area contributed by atoms with E-state index in [4.69, 9.17) is 14.0 Å². The van der Waals surface area contributed by atoms with Crippen LogP contribution < -0.4 is 14.8 Å². The molecular formula is C22H23N3O4. The molecule has 0 aliphatic carbocycles. The van der Waals surface area contributed by atoms with E-state index < -0.39 is 0 Å². The van der Waals surface area contributed by atoms with Crippen molar-refractivity contribution in [3.05, 3.63) is 65.2 Å². The van der Waals surface area contributed by atoms with Gasteiger partial charge in [0.25, 0.3) is 0 Å². The van der Waals surface area contributed by atoms with Crippen LogP contribution in [0, 0.1) is 20.8 Å². The van der Waals surface area contributed by atoms with Gasteiger partial charge in [0.15, 0.2) is 17.3 Å². The Morgan fingerprint density at radius 2 is 2.03 bits per heavy atom. The Balaban J connectivity index is 1.37. The maximum atomic E-state index is 12.3. The molecule has 29 heavy (non-hydrogen) atoms. The minimum Gasteiger partial charge on any atom is -0.486 e. The number of nitrogens with zero attached hydrogens (tertiary/aromatic N) is 2. The predicted molar refractivity (Wildman–Crippen MR) is 108 cm³/mol. The van der Waals surface area contributed by atoms with E-state index in [0.29, 0.717) is 18.9 Å². The number of nitrogens with one attached hydrogen (secondary N) is 1. The third kappa shape index (κ3) is 4.03.